The van der Waals surface area contributed by atoms with Crippen LogP contribution in [-0.2, 0) is 23.8 Å². The van der Waals surface area contributed by atoms with Crippen LogP contribution in [0.4, 0.5) is 0 Å². The van der Waals surface area contributed by atoms with E-state index < -0.39 is 97.6 Å². The van der Waals surface area contributed by atoms with Gasteiger partial charge in [0.2, 0.25) is 5.91 Å². The van der Waals surface area contributed by atoms with Crippen LogP contribution >= 0.6 is 0 Å². The van der Waals surface area contributed by atoms with Gasteiger partial charge in [0, 0.05) is 32.2 Å². The zero-order valence-electron chi connectivity index (χ0n) is 27.7. The largest absolute Gasteiger partial charge is 0.481 e. The highest BCUT2D eigenvalue weighted by Gasteiger charge is 2.51. The van der Waals surface area contributed by atoms with Gasteiger partial charge in [-0.3, -0.25) is 9.59 Å². The minimum atomic E-state index is -2.12. The van der Waals surface area contributed by atoms with Gasteiger partial charge in [-0.2, -0.15) is 0 Å². The number of rotatable bonds is 18. The first kappa shape index (κ1) is 40.7. The van der Waals surface area contributed by atoms with Crippen molar-refractivity contribution in [2.24, 2.45) is 5.92 Å². The Bertz CT molecular complexity index is 1080. The van der Waals surface area contributed by atoms with E-state index in [9.17, 15) is 45.3 Å². The molecule has 0 aliphatic carbocycles. The molecule has 2 saturated heterocycles. The summed E-state index contributed by atoms with van der Waals surface area (Å²) in [4.78, 5) is 26.7. The molecule has 2 heterocycles. The fraction of sp³-hybridized carbons (Fsp3) is 0.697. The van der Waals surface area contributed by atoms with E-state index >= 15 is 0 Å². The molecule has 7 unspecified atom stereocenters. The monoisotopic (exact) mass is 670 g/mol. The summed E-state index contributed by atoms with van der Waals surface area (Å²) in [5.41, 5.74) is 0. The highest BCUT2D eigenvalue weighted by Crippen LogP contribution is 2.38. The summed E-state index contributed by atoms with van der Waals surface area (Å²) >= 11 is 0. The normalized spacial score (nSPS) is 33.8. The average molecular weight is 671 g/mol. The van der Waals surface area contributed by atoms with E-state index in [1.807, 2.05) is 4.90 Å². The number of aliphatic hydroxyl groups is 6. The third-order valence-electron chi connectivity index (χ3n) is 8.21. The van der Waals surface area contributed by atoms with Crippen molar-refractivity contribution in [2.75, 3.05) is 20.6 Å². The van der Waals surface area contributed by atoms with Crippen molar-refractivity contribution in [3.05, 3.63) is 49.1 Å². The lowest BCUT2D eigenvalue weighted by Crippen LogP contribution is -2.64. The number of carbonyl (C=O) groups is 2. The standard InChI is InChI=1S/C33H54N2O12/c1-6-8-9-10-11-12-13-23(46-32-30(41)28(29(40)20(3)45-32)34-26(39)14-15-35(4)5)17-25-27(31(42)43)24(38)19-33(44,47-25)18-22(37)16-21(36)7-2/h6,8-13,20-25,27-30,32,36-38,40-41,44H,1,7,14-19H2,2-5H3,(H,34,39)(H,42,43)/b9-8+,11-10+,13-12+/t20-,21?,22?,23?,24?,25?,27?,28+,29-,30+,32+,33?/m1/s1. The van der Waals surface area contributed by atoms with Crippen LogP contribution in [0.3, 0.4) is 0 Å². The Morgan fingerprint density at radius 1 is 1.09 bits per heavy atom. The molecule has 14 heteroatoms. The Kier molecular flexibility index (Phi) is 16.9. The summed E-state index contributed by atoms with van der Waals surface area (Å²) in [6, 6.07) is -1.14. The van der Waals surface area contributed by atoms with Crippen molar-refractivity contribution >= 4 is 11.9 Å². The van der Waals surface area contributed by atoms with Gasteiger partial charge < -0.3 is 60.2 Å². The molecule has 47 heavy (non-hydrogen) atoms. The van der Waals surface area contributed by atoms with Crippen LogP contribution in [0.25, 0.3) is 0 Å². The number of nitrogens with one attached hydrogen (secondary N) is 1. The van der Waals surface area contributed by atoms with Gasteiger partial charge in [-0.25, -0.2) is 0 Å². The molecule has 2 aliphatic heterocycles. The molecular formula is C33H54N2O12. The highest BCUT2D eigenvalue weighted by atomic mass is 16.7. The van der Waals surface area contributed by atoms with Gasteiger partial charge >= 0.3 is 5.97 Å². The minimum Gasteiger partial charge on any atom is -0.481 e. The molecule has 2 fully saturated rings. The van der Waals surface area contributed by atoms with Crippen molar-refractivity contribution < 1.29 is 59.5 Å². The number of hydrogen-bond acceptors (Lipinski definition) is 12. The van der Waals surface area contributed by atoms with E-state index in [4.69, 9.17) is 14.2 Å². The minimum absolute atomic E-state index is 0.0554. The number of carboxylic acids is 1. The lowest BCUT2D eigenvalue weighted by molar-refractivity contribution is -0.308. The van der Waals surface area contributed by atoms with Crippen LogP contribution in [0.2, 0.25) is 0 Å². The number of aliphatic carboxylic acids is 1. The van der Waals surface area contributed by atoms with Crippen LogP contribution in [-0.4, -0.2) is 140 Å². The number of allylic oxidation sites excluding steroid dienone is 6. The third-order valence-corrected chi connectivity index (χ3v) is 8.21. The Morgan fingerprint density at radius 3 is 2.36 bits per heavy atom. The quantitative estimate of drug-likeness (QED) is 0.0900. The summed E-state index contributed by atoms with van der Waals surface area (Å²) in [7, 11) is 3.61. The second-order valence-corrected chi connectivity index (χ2v) is 12.5. The molecule has 0 aromatic heterocycles. The summed E-state index contributed by atoms with van der Waals surface area (Å²) in [6.45, 7) is 7.32. The fourth-order valence-electron chi connectivity index (χ4n) is 5.63. The van der Waals surface area contributed by atoms with E-state index in [1.165, 1.54) is 0 Å². The van der Waals surface area contributed by atoms with Crippen molar-refractivity contribution in [3.8, 4) is 0 Å². The van der Waals surface area contributed by atoms with Crippen molar-refractivity contribution in [2.45, 2.75) is 119 Å². The van der Waals surface area contributed by atoms with Gasteiger partial charge in [0.1, 0.15) is 18.1 Å². The second kappa shape index (κ2) is 19.5. The number of amides is 1. The predicted molar refractivity (Wildman–Crippen MR) is 172 cm³/mol. The van der Waals surface area contributed by atoms with E-state index in [2.05, 4.69) is 11.9 Å². The number of carboxylic acid groups (broad SMARTS) is 1. The second-order valence-electron chi connectivity index (χ2n) is 12.5. The molecule has 12 atom stereocenters. The van der Waals surface area contributed by atoms with Crippen LogP contribution in [0.5, 0.6) is 0 Å². The van der Waals surface area contributed by atoms with Crippen LogP contribution in [0.1, 0.15) is 52.4 Å². The topological polar surface area (TPSA) is 219 Å². The Morgan fingerprint density at radius 2 is 1.74 bits per heavy atom. The molecule has 2 rings (SSSR count). The fourth-order valence-corrected chi connectivity index (χ4v) is 5.63. The van der Waals surface area contributed by atoms with E-state index in [0.29, 0.717) is 13.0 Å². The maximum absolute atomic E-state index is 12.6. The molecule has 2 aliphatic rings. The first-order chi connectivity index (χ1) is 22.1. The summed E-state index contributed by atoms with van der Waals surface area (Å²) in [5, 5.41) is 77.1. The van der Waals surface area contributed by atoms with Gasteiger partial charge in [0.25, 0.3) is 0 Å². The summed E-state index contributed by atoms with van der Waals surface area (Å²) < 4.78 is 17.8. The molecule has 268 valence electrons. The first-order valence-corrected chi connectivity index (χ1v) is 16.0. The molecule has 1 amide bonds. The molecule has 0 aromatic carbocycles. The van der Waals surface area contributed by atoms with Gasteiger partial charge in [-0.1, -0.05) is 56.0 Å². The zero-order chi connectivity index (χ0) is 35.3. The molecule has 0 spiro atoms. The third kappa shape index (κ3) is 13.1. The van der Waals surface area contributed by atoms with Crippen LogP contribution < -0.4 is 5.32 Å². The van der Waals surface area contributed by atoms with Crippen LogP contribution in [0, 0.1) is 5.92 Å². The number of aliphatic hydroxyl groups excluding tert-OH is 5. The van der Waals surface area contributed by atoms with E-state index in [1.54, 1.807) is 70.5 Å². The molecule has 8 N–H and O–H groups in total. The maximum Gasteiger partial charge on any atom is 0.311 e. The van der Waals surface area contributed by atoms with Gasteiger partial charge in [0.05, 0.1) is 42.7 Å². The summed E-state index contributed by atoms with van der Waals surface area (Å²) in [6.07, 6.45) is -0.198. The first-order valence-electron chi connectivity index (χ1n) is 16.0. The van der Waals surface area contributed by atoms with E-state index in [-0.39, 0.29) is 19.3 Å². The lowest BCUT2D eigenvalue weighted by Gasteiger charge is -2.45. The van der Waals surface area contributed by atoms with Gasteiger partial charge in [-0.05, 0) is 33.9 Å². The Balaban J connectivity index is 2.35. The average Bonchev–Trinajstić information content (AvgIpc) is 2.97. The molecule has 14 nitrogen and oxygen atoms in total. The Labute approximate surface area is 276 Å². The van der Waals surface area contributed by atoms with Crippen molar-refractivity contribution in [3.63, 3.8) is 0 Å². The lowest BCUT2D eigenvalue weighted by atomic mass is 9.83. The van der Waals surface area contributed by atoms with Gasteiger partial charge in [-0.15, -0.1) is 0 Å². The molecule has 0 bridgehead atoms. The van der Waals surface area contributed by atoms with Crippen molar-refractivity contribution in [1.29, 1.82) is 0 Å². The number of hydrogen-bond donors (Lipinski definition) is 8. The number of nitrogens with zero attached hydrogens (tertiary/aromatic N) is 1. The van der Waals surface area contributed by atoms with Crippen molar-refractivity contribution in [1.82, 2.24) is 10.2 Å². The SMILES string of the molecule is C=C/C=C/C=C/C=C/C(CC1OC(O)(CC(O)CC(O)CC)CC(O)C1C(=O)O)O[C@@H]1O[C@H](C)[C@@H](O)[C@H](NC(=O)CCN(C)C)[C@@H]1O. The highest BCUT2D eigenvalue weighted by molar-refractivity contribution is 5.76. The predicted octanol–water partition coefficient (Wildman–Crippen LogP) is -0.0294. The zero-order valence-corrected chi connectivity index (χ0v) is 27.7. The Hall–Kier alpha value is -2.50. The van der Waals surface area contributed by atoms with E-state index in [0.717, 1.165) is 0 Å². The van der Waals surface area contributed by atoms with Crippen LogP contribution in [0.15, 0.2) is 49.1 Å². The number of carbonyl (C=O) groups excluding carboxylic acids is 1. The van der Waals surface area contributed by atoms with Gasteiger partial charge in [0.15, 0.2) is 12.1 Å². The molecular weight excluding hydrogens is 616 g/mol. The molecule has 0 saturated carbocycles. The smallest absolute Gasteiger partial charge is 0.311 e. The number of ether oxygens (including phenoxy) is 3. The molecule has 0 aromatic rings. The summed E-state index contributed by atoms with van der Waals surface area (Å²) in [5.74, 6) is -5.38. The molecule has 0 radical (unpaired) electrons. The maximum atomic E-state index is 12.6.